The molecule has 1 saturated carbocycles. The Morgan fingerprint density at radius 1 is 1.28 bits per heavy atom. The van der Waals surface area contributed by atoms with Crippen LogP contribution in [0.25, 0.3) is 15.7 Å². The second-order valence-corrected chi connectivity index (χ2v) is 12.0. The molecule has 3 aromatic rings. The number of hydrogen-bond acceptors (Lipinski definition) is 6. The maximum atomic E-state index is 13.2. The Hall–Kier alpha value is -3.20. The number of sulfonamides is 1. The molecular formula is C25H30N6O4S. The van der Waals surface area contributed by atoms with Gasteiger partial charge in [0, 0.05) is 37.0 Å². The fraction of sp³-hybridized carbons (Fsp3) is 0.480. The molecule has 11 heteroatoms. The second-order valence-electron chi connectivity index (χ2n) is 10.2. The zero-order valence-electron chi connectivity index (χ0n) is 20.4. The van der Waals surface area contributed by atoms with Gasteiger partial charge in [-0.3, -0.25) is 9.48 Å². The van der Waals surface area contributed by atoms with E-state index in [-0.39, 0.29) is 35.7 Å². The molecule has 1 fully saturated rings. The predicted octanol–water partition coefficient (Wildman–Crippen LogP) is 3.54. The van der Waals surface area contributed by atoms with Crippen LogP contribution >= 0.6 is 0 Å². The minimum absolute atomic E-state index is 0.108. The van der Waals surface area contributed by atoms with Gasteiger partial charge < -0.3 is 20.3 Å². The first-order valence-electron chi connectivity index (χ1n) is 12.2. The summed E-state index contributed by atoms with van der Waals surface area (Å²) in [5, 5.41) is 17.8. The van der Waals surface area contributed by atoms with Crippen molar-refractivity contribution in [3.05, 3.63) is 57.8 Å². The molecule has 36 heavy (non-hydrogen) atoms. The lowest BCUT2D eigenvalue weighted by molar-refractivity contribution is 0.165. The fourth-order valence-electron chi connectivity index (χ4n) is 5.43. The molecule has 0 amide bonds. The zero-order valence-corrected chi connectivity index (χ0v) is 21.2. The van der Waals surface area contributed by atoms with Gasteiger partial charge >= 0.3 is 0 Å². The third-order valence-electron chi connectivity index (χ3n) is 7.41. The van der Waals surface area contributed by atoms with Gasteiger partial charge in [0.2, 0.25) is 16.1 Å². The monoisotopic (exact) mass is 510 g/mol. The van der Waals surface area contributed by atoms with Gasteiger partial charge in [0.15, 0.2) is 5.82 Å². The average molecular weight is 511 g/mol. The molecule has 10 nitrogen and oxygen atoms in total. The number of aliphatic hydroxyl groups is 1. The molecule has 2 aromatic heterocycles. The van der Waals surface area contributed by atoms with E-state index in [1.54, 1.807) is 44.3 Å². The SMILES string of the molecule is [C-]#[N+][C@H]1CCCC[C@@H]1n1nc(Nc2ccc3c(c2)CN(C(C)(C)CCO)S3(=O)=O)c2c(=O)[nH]ccc21. The smallest absolute Gasteiger partial charge is 0.261 e. The summed E-state index contributed by atoms with van der Waals surface area (Å²) < 4.78 is 29.6. The normalized spacial score (nSPS) is 21.8. The van der Waals surface area contributed by atoms with Gasteiger partial charge in [0.05, 0.1) is 10.4 Å². The van der Waals surface area contributed by atoms with Crippen molar-refractivity contribution in [3.8, 4) is 0 Å². The lowest BCUT2D eigenvalue weighted by Gasteiger charge is -2.33. The molecule has 2 aliphatic rings. The maximum Gasteiger partial charge on any atom is 0.261 e. The van der Waals surface area contributed by atoms with Crippen molar-refractivity contribution in [1.29, 1.82) is 0 Å². The van der Waals surface area contributed by atoms with Crippen LogP contribution in [0.1, 0.15) is 57.6 Å². The summed E-state index contributed by atoms with van der Waals surface area (Å²) in [6.45, 7) is 11.3. The standard InChI is InChI=1S/C25H30N6O4S/c1-25(2,11-13-32)30-15-16-14-17(8-9-21(16)36(30,34)35)28-23-22-20(10-12-27-24(22)33)31(29-23)19-7-5-4-6-18(19)26-3/h8-10,12,14,18-19,32H,4-7,11,13,15H2,1-2H3,(H,27,33)(H,28,29)/t18-,19-/m0/s1. The quantitative estimate of drug-likeness (QED) is 0.436. The Balaban J connectivity index is 1.52. The van der Waals surface area contributed by atoms with Crippen LogP contribution in [0.5, 0.6) is 0 Å². The number of benzene rings is 1. The number of nitrogens with one attached hydrogen (secondary N) is 2. The molecular weight excluding hydrogens is 480 g/mol. The van der Waals surface area contributed by atoms with E-state index in [0.717, 1.165) is 25.7 Å². The molecule has 1 aliphatic carbocycles. The Morgan fingerprint density at radius 3 is 2.81 bits per heavy atom. The largest absolute Gasteiger partial charge is 0.396 e. The lowest BCUT2D eigenvalue weighted by atomic mass is 9.91. The molecule has 0 saturated heterocycles. The third-order valence-corrected chi connectivity index (χ3v) is 9.57. The molecule has 2 atom stereocenters. The van der Waals surface area contributed by atoms with Gasteiger partial charge in [-0.1, -0.05) is 6.42 Å². The zero-order chi connectivity index (χ0) is 25.7. The highest BCUT2D eigenvalue weighted by atomic mass is 32.2. The molecule has 1 aliphatic heterocycles. The molecule has 0 unspecified atom stereocenters. The van der Waals surface area contributed by atoms with E-state index in [4.69, 9.17) is 11.7 Å². The number of fused-ring (bicyclic) bond motifs is 2. The first kappa shape index (κ1) is 24.5. The van der Waals surface area contributed by atoms with Crippen LogP contribution in [0.3, 0.4) is 0 Å². The summed E-state index contributed by atoms with van der Waals surface area (Å²) in [4.78, 5) is 19.6. The number of aromatic amines is 1. The number of pyridine rings is 1. The molecule has 190 valence electrons. The van der Waals surface area contributed by atoms with Crippen LogP contribution in [0.15, 0.2) is 40.2 Å². The van der Waals surface area contributed by atoms with Crippen LogP contribution in [-0.4, -0.2) is 50.8 Å². The van der Waals surface area contributed by atoms with Gasteiger partial charge in [-0.15, -0.1) is 0 Å². The number of nitrogens with zero attached hydrogens (tertiary/aromatic N) is 4. The number of aromatic nitrogens is 3. The van der Waals surface area contributed by atoms with Gasteiger partial charge in [-0.2, -0.15) is 9.40 Å². The topological polar surface area (TPSA) is 125 Å². The number of H-pyrrole nitrogens is 1. The maximum absolute atomic E-state index is 13.2. The summed E-state index contributed by atoms with van der Waals surface area (Å²) in [6.07, 6.45) is 5.57. The average Bonchev–Trinajstić information content (AvgIpc) is 3.34. The molecule has 5 rings (SSSR count). The highest BCUT2D eigenvalue weighted by molar-refractivity contribution is 7.89. The van der Waals surface area contributed by atoms with Crippen molar-refractivity contribution < 1.29 is 13.5 Å². The van der Waals surface area contributed by atoms with Crippen molar-refractivity contribution in [2.75, 3.05) is 11.9 Å². The van der Waals surface area contributed by atoms with Crippen molar-refractivity contribution in [3.63, 3.8) is 0 Å². The first-order valence-corrected chi connectivity index (χ1v) is 13.6. The van der Waals surface area contributed by atoms with E-state index < -0.39 is 15.6 Å². The molecule has 0 bridgehead atoms. The number of anilines is 2. The minimum Gasteiger partial charge on any atom is -0.396 e. The van der Waals surface area contributed by atoms with Gasteiger partial charge in [-0.05, 0) is 62.9 Å². The van der Waals surface area contributed by atoms with Crippen LogP contribution in [0.4, 0.5) is 11.5 Å². The van der Waals surface area contributed by atoms with Crippen LogP contribution < -0.4 is 10.9 Å². The van der Waals surface area contributed by atoms with Gasteiger partial charge in [0.1, 0.15) is 11.4 Å². The predicted molar refractivity (Wildman–Crippen MR) is 136 cm³/mol. The van der Waals surface area contributed by atoms with Gasteiger partial charge in [-0.25, -0.2) is 15.0 Å². The third kappa shape index (κ3) is 3.99. The van der Waals surface area contributed by atoms with Crippen molar-refractivity contribution in [1.82, 2.24) is 19.1 Å². The van der Waals surface area contributed by atoms with E-state index in [0.29, 0.717) is 34.4 Å². The van der Waals surface area contributed by atoms with E-state index in [9.17, 15) is 18.3 Å². The minimum atomic E-state index is -3.69. The van der Waals surface area contributed by atoms with Crippen LogP contribution in [0.2, 0.25) is 0 Å². The van der Waals surface area contributed by atoms with E-state index in [1.165, 1.54) is 4.31 Å². The summed E-state index contributed by atoms with van der Waals surface area (Å²) in [7, 11) is -3.69. The van der Waals surface area contributed by atoms with Crippen molar-refractivity contribution >= 4 is 32.4 Å². The first-order chi connectivity index (χ1) is 17.2. The highest BCUT2D eigenvalue weighted by Crippen LogP contribution is 2.39. The fourth-order valence-corrected chi connectivity index (χ4v) is 7.42. The van der Waals surface area contributed by atoms with Crippen LogP contribution in [-0.2, 0) is 16.6 Å². The second kappa shape index (κ2) is 9.03. The summed E-state index contributed by atoms with van der Waals surface area (Å²) in [6, 6.07) is 6.52. The summed E-state index contributed by atoms with van der Waals surface area (Å²) >= 11 is 0. The number of hydrogen-bond donors (Lipinski definition) is 3. The molecule has 3 N–H and O–H groups in total. The molecule has 3 heterocycles. The lowest BCUT2D eigenvalue weighted by Crippen LogP contribution is -2.44. The Kier molecular flexibility index (Phi) is 6.14. The van der Waals surface area contributed by atoms with Gasteiger partial charge in [0.25, 0.3) is 5.56 Å². The summed E-state index contributed by atoms with van der Waals surface area (Å²) in [5.74, 6) is 0.374. The van der Waals surface area contributed by atoms with Crippen molar-refractivity contribution in [2.45, 2.75) is 75.0 Å². The van der Waals surface area contributed by atoms with Crippen molar-refractivity contribution in [2.24, 2.45) is 0 Å². The van der Waals surface area contributed by atoms with E-state index in [2.05, 4.69) is 15.1 Å². The van der Waals surface area contributed by atoms with E-state index in [1.807, 2.05) is 4.68 Å². The number of rotatable bonds is 6. The Labute approximate surface area is 209 Å². The molecule has 1 aromatic carbocycles. The molecule has 0 radical (unpaired) electrons. The highest BCUT2D eigenvalue weighted by Gasteiger charge is 2.43. The number of aliphatic hydroxyl groups excluding tert-OH is 1. The Morgan fingerprint density at radius 2 is 2.06 bits per heavy atom. The van der Waals surface area contributed by atoms with E-state index >= 15 is 0 Å². The molecule has 0 spiro atoms. The summed E-state index contributed by atoms with van der Waals surface area (Å²) in [5.41, 5.74) is 0.913. The Bertz CT molecular complexity index is 1520. The van der Waals surface area contributed by atoms with Crippen LogP contribution in [0, 0.1) is 6.57 Å².